The summed E-state index contributed by atoms with van der Waals surface area (Å²) >= 11 is 1.86. The molecule has 2 heterocycles. The first-order chi connectivity index (χ1) is 24.3. The van der Waals surface area contributed by atoms with Gasteiger partial charge in [0, 0.05) is 36.8 Å². The summed E-state index contributed by atoms with van der Waals surface area (Å²) in [7, 11) is 0. The molecule has 0 amide bonds. The summed E-state index contributed by atoms with van der Waals surface area (Å²) in [6.07, 6.45) is 0. The lowest BCUT2D eigenvalue weighted by atomic mass is 9.98. The minimum atomic E-state index is 0.874. The molecule has 3 heteroatoms. The van der Waals surface area contributed by atoms with Gasteiger partial charge in [0.25, 0.3) is 0 Å². The largest absolute Gasteiger partial charge is 0.456 e. The van der Waals surface area contributed by atoms with Gasteiger partial charge in [-0.25, -0.2) is 0 Å². The predicted molar refractivity (Wildman–Crippen MR) is 210 cm³/mol. The minimum absolute atomic E-state index is 0.874. The molecule has 0 radical (unpaired) electrons. The van der Waals surface area contributed by atoms with E-state index in [0.717, 1.165) is 39.0 Å². The number of anilines is 3. The molecule has 230 valence electrons. The summed E-state index contributed by atoms with van der Waals surface area (Å²) in [5.41, 5.74) is 9.75. The molecule has 0 aliphatic carbocycles. The first kappa shape index (κ1) is 27.9. The maximum Gasteiger partial charge on any atom is 0.137 e. The van der Waals surface area contributed by atoms with E-state index in [1.54, 1.807) is 0 Å². The molecule has 10 rings (SSSR count). The van der Waals surface area contributed by atoms with Crippen molar-refractivity contribution in [1.29, 1.82) is 0 Å². The zero-order valence-corrected chi connectivity index (χ0v) is 27.3. The number of para-hydroxylation sites is 2. The van der Waals surface area contributed by atoms with Gasteiger partial charge < -0.3 is 9.32 Å². The Morgan fingerprint density at radius 2 is 1.10 bits per heavy atom. The summed E-state index contributed by atoms with van der Waals surface area (Å²) in [5.74, 6) is 0. The molecule has 0 saturated carbocycles. The normalized spacial score (nSPS) is 11.7. The number of benzene rings is 8. The molecule has 0 N–H and O–H groups in total. The lowest BCUT2D eigenvalue weighted by Gasteiger charge is -2.29. The third-order valence-corrected chi connectivity index (χ3v) is 10.8. The molecule has 49 heavy (non-hydrogen) atoms. The van der Waals surface area contributed by atoms with Crippen LogP contribution in [-0.2, 0) is 0 Å². The van der Waals surface area contributed by atoms with Crippen LogP contribution in [0.4, 0.5) is 17.1 Å². The van der Waals surface area contributed by atoms with Gasteiger partial charge in [-0.1, -0.05) is 121 Å². The molecule has 0 saturated heterocycles. The van der Waals surface area contributed by atoms with Gasteiger partial charge in [-0.3, -0.25) is 0 Å². The van der Waals surface area contributed by atoms with Crippen molar-refractivity contribution < 1.29 is 4.42 Å². The molecular weight excluding hydrogens is 615 g/mol. The second-order valence-electron chi connectivity index (χ2n) is 12.5. The van der Waals surface area contributed by atoms with E-state index in [1.165, 1.54) is 53.2 Å². The Morgan fingerprint density at radius 3 is 2.06 bits per heavy atom. The molecule has 10 aromatic rings. The van der Waals surface area contributed by atoms with Crippen molar-refractivity contribution in [3.05, 3.63) is 176 Å². The highest BCUT2D eigenvalue weighted by Crippen LogP contribution is 2.47. The van der Waals surface area contributed by atoms with Crippen LogP contribution in [0.25, 0.3) is 75.1 Å². The van der Waals surface area contributed by atoms with Crippen molar-refractivity contribution >= 4 is 81.3 Å². The van der Waals surface area contributed by atoms with Crippen LogP contribution in [0.1, 0.15) is 0 Å². The zero-order valence-electron chi connectivity index (χ0n) is 26.5. The van der Waals surface area contributed by atoms with E-state index in [4.69, 9.17) is 4.42 Å². The van der Waals surface area contributed by atoms with E-state index in [2.05, 4.69) is 175 Å². The fourth-order valence-corrected chi connectivity index (χ4v) is 8.50. The quantitative estimate of drug-likeness (QED) is 0.186. The standard InChI is InChI=1S/C46H29NOS/c1-2-12-31-27-33(24-23-30(31)11-1)32-13-9-14-35(28-32)47(41-19-10-21-43-46(41)39-17-4-7-20-42(39)48-43)40-18-6-3-15-36(40)34-25-26-38-37-16-5-8-22-44(37)49-45(38)29-34/h1-29H. The summed E-state index contributed by atoms with van der Waals surface area (Å²) < 4.78 is 9.02. The fourth-order valence-electron chi connectivity index (χ4n) is 7.35. The Labute approximate surface area is 287 Å². The van der Waals surface area contributed by atoms with Crippen LogP contribution >= 0.6 is 11.3 Å². The van der Waals surface area contributed by atoms with Crippen molar-refractivity contribution in [3.8, 4) is 22.3 Å². The van der Waals surface area contributed by atoms with Crippen LogP contribution in [0.15, 0.2) is 180 Å². The summed E-state index contributed by atoms with van der Waals surface area (Å²) in [6.45, 7) is 0. The van der Waals surface area contributed by atoms with E-state index < -0.39 is 0 Å². The Morgan fingerprint density at radius 1 is 0.408 bits per heavy atom. The molecule has 2 aromatic heterocycles. The molecule has 0 bridgehead atoms. The van der Waals surface area contributed by atoms with Crippen LogP contribution in [0.2, 0.25) is 0 Å². The van der Waals surface area contributed by atoms with Gasteiger partial charge in [0.2, 0.25) is 0 Å². The van der Waals surface area contributed by atoms with Crippen molar-refractivity contribution in [2.45, 2.75) is 0 Å². The van der Waals surface area contributed by atoms with Gasteiger partial charge in [-0.05, 0) is 82.1 Å². The third kappa shape index (κ3) is 4.62. The van der Waals surface area contributed by atoms with Gasteiger partial charge in [-0.15, -0.1) is 11.3 Å². The maximum atomic E-state index is 6.42. The highest BCUT2D eigenvalue weighted by Gasteiger charge is 2.22. The van der Waals surface area contributed by atoms with Crippen LogP contribution < -0.4 is 4.90 Å². The highest BCUT2D eigenvalue weighted by molar-refractivity contribution is 7.25. The molecule has 0 unspecified atom stereocenters. The number of nitrogens with zero attached hydrogens (tertiary/aromatic N) is 1. The Hall–Kier alpha value is -6.16. The Bertz CT molecular complexity index is 2860. The molecule has 0 atom stereocenters. The smallest absolute Gasteiger partial charge is 0.137 e. The van der Waals surface area contributed by atoms with Crippen LogP contribution in [-0.4, -0.2) is 0 Å². The fraction of sp³-hybridized carbons (Fsp3) is 0. The number of thiophene rings is 1. The van der Waals surface area contributed by atoms with Gasteiger partial charge >= 0.3 is 0 Å². The van der Waals surface area contributed by atoms with E-state index in [0.29, 0.717) is 0 Å². The Balaban J connectivity index is 1.22. The topological polar surface area (TPSA) is 16.4 Å². The second kappa shape index (κ2) is 11.2. The maximum absolute atomic E-state index is 6.42. The number of hydrogen-bond acceptors (Lipinski definition) is 3. The first-order valence-electron chi connectivity index (χ1n) is 16.6. The monoisotopic (exact) mass is 643 g/mol. The zero-order chi connectivity index (χ0) is 32.3. The number of rotatable bonds is 5. The van der Waals surface area contributed by atoms with Crippen molar-refractivity contribution in [1.82, 2.24) is 0 Å². The van der Waals surface area contributed by atoms with Gasteiger partial charge in [0.15, 0.2) is 0 Å². The molecule has 2 nitrogen and oxygen atoms in total. The summed E-state index contributed by atoms with van der Waals surface area (Å²) in [4.78, 5) is 2.42. The summed E-state index contributed by atoms with van der Waals surface area (Å²) in [5, 5.41) is 7.30. The predicted octanol–water partition coefficient (Wildman–Crippen LogP) is 13.9. The molecule has 0 aliphatic heterocycles. The molecule has 0 aliphatic rings. The number of fused-ring (bicyclic) bond motifs is 7. The minimum Gasteiger partial charge on any atom is -0.456 e. The highest BCUT2D eigenvalue weighted by atomic mass is 32.1. The third-order valence-electron chi connectivity index (χ3n) is 9.64. The van der Waals surface area contributed by atoms with Crippen LogP contribution in [0.5, 0.6) is 0 Å². The molecular formula is C46H29NOS. The lowest BCUT2D eigenvalue weighted by Crippen LogP contribution is -2.11. The summed E-state index contributed by atoms with van der Waals surface area (Å²) in [6, 6.07) is 63.3. The molecule has 8 aromatic carbocycles. The van der Waals surface area contributed by atoms with E-state index >= 15 is 0 Å². The second-order valence-corrected chi connectivity index (χ2v) is 13.6. The van der Waals surface area contributed by atoms with Crippen LogP contribution in [0.3, 0.4) is 0 Å². The van der Waals surface area contributed by atoms with Gasteiger partial charge in [0.05, 0.1) is 16.8 Å². The van der Waals surface area contributed by atoms with E-state index in [9.17, 15) is 0 Å². The average Bonchev–Trinajstić information content (AvgIpc) is 3.74. The lowest BCUT2D eigenvalue weighted by molar-refractivity contribution is 0.669. The SMILES string of the molecule is c1cc(-c2ccc3ccccc3c2)cc(N(c2ccccc2-c2ccc3c(c2)sc2ccccc23)c2cccc3oc4ccccc4c23)c1. The first-order valence-corrected chi connectivity index (χ1v) is 17.4. The van der Waals surface area contributed by atoms with Crippen molar-refractivity contribution in [3.63, 3.8) is 0 Å². The average molecular weight is 644 g/mol. The van der Waals surface area contributed by atoms with Crippen LogP contribution in [0, 0.1) is 0 Å². The van der Waals surface area contributed by atoms with E-state index in [1.807, 2.05) is 17.4 Å². The number of hydrogen-bond donors (Lipinski definition) is 0. The van der Waals surface area contributed by atoms with Gasteiger partial charge in [-0.2, -0.15) is 0 Å². The Kier molecular flexibility index (Phi) is 6.39. The van der Waals surface area contributed by atoms with Crippen molar-refractivity contribution in [2.75, 3.05) is 4.90 Å². The van der Waals surface area contributed by atoms with E-state index in [-0.39, 0.29) is 0 Å². The van der Waals surface area contributed by atoms with Crippen molar-refractivity contribution in [2.24, 2.45) is 0 Å². The molecule has 0 spiro atoms. The number of furan rings is 1. The molecule has 0 fully saturated rings. The van der Waals surface area contributed by atoms with Gasteiger partial charge in [0.1, 0.15) is 11.2 Å².